The first kappa shape index (κ1) is 20.1. The summed E-state index contributed by atoms with van der Waals surface area (Å²) in [5.41, 5.74) is 1.07. The molecule has 8 heteroatoms. The topological polar surface area (TPSA) is 69.3 Å². The first-order valence-corrected chi connectivity index (χ1v) is 9.88. The number of amides is 1. The highest BCUT2D eigenvalue weighted by atomic mass is 35.5. The van der Waals surface area contributed by atoms with Crippen molar-refractivity contribution in [2.45, 2.75) is 13.2 Å². The summed E-state index contributed by atoms with van der Waals surface area (Å²) >= 11 is 12.2. The van der Waals surface area contributed by atoms with Crippen LogP contribution in [0.2, 0.25) is 10.0 Å². The number of halogens is 2. The van der Waals surface area contributed by atoms with Gasteiger partial charge in [-0.3, -0.25) is 9.48 Å². The van der Waals surface area contributed by atoms with Crippen molar-refractivity contribution in [3.05, 3.63) is 100 Å². The average molecular weight is 442 g/mol. The maximum absolute atomic E-state index is 12.5. The van der Waals surface area contributed by atoms with Crippen LogP contribution >= 0.6 is 23.2 Å². The molecule has 152 valence electrons. The van der Waals surface area contributed by atoms with Crippen LogP contribution in [0.1, 0.15) is 21.9 Å². The second-order valence-corrected chi connectivity index (χ2v) is 7.32. The van der Waals surface area contributed by atoms with Gasteiger partial charge in [0.2, 0.25) is 0 Å². The average Bonchev–Trinajstić information content (AvgIpc) is 3.34. The maximum atomic E-state index is 12.5. The molecule has 0 radical (unpaired) electrons. The van der Waals surface area contributed by atoms with Crippen molar-refractivity contribution in [3.8, 4) is 5.75 Å². The van der Waals surface area contributed by atoms with Crippen LogP contribution in [0.15, 0.2) is 77.3 Å². The molecule has 2 heterocycles. The fourth-order valence-corrected chi connectivity index (χ4v) is 3.17. The lowest BCUT2D eigenvalue weighted by Crippen LogP contribution is -2.12. The number of hydrogen-bond donors (Lipinski definition) is 1. The zero-order valence-corrected chi connectivity index (χ0v) is 17.2. The zero-order valence-electron chi connectivity index (χ0n) is 15.7. The molecule has 0 atom stereocenters. The number of hydrogen-bond acceptors (Lipinski definition) is 4. The summed E-state index contributed by atoms with van der Waals surface area (Å²) in [6.07, 6.45) is 1.66. The van der Waals surface area contributed by atoms with Crippen molar-refractivity contribution in [2.75, 3.05) is 5.32 Å². The fraction of sp³-hybridized carbons (Fsp3) is 0.0909. The highest BCUT2D eigenvalue weighted by Crippen LogP contribution is 2.22. The third-order valence-electron chi connectivity index (χ3n) is 4.20. The monoisotopic (exact) mass is 441 g/mol. The molecule has 0 aliphatic carbocycles. The van der Waals surface area contributed by atoms with Crippen LogP contribution in [-0.4, -0.2) is 15.7 Å². The third kappa shape index (κ3) is 5.03. The van der Waals surface area contributed by atoms with E-state index in [1.54, 1.807) is 47.3 Å². The molecule has 0 fully saturated rings. The molecule has 2 aromatic heterocycles. The van der Waals surface area contributed by atoms with E-state index in [-0.39, 0.29) is 18.2 Å². The number of nitrogens with zero attached hydrogens (tertiary/aromatic N) is 2. The van der Waals surface area contributed by atoms with E-state index < -0.39 is 5.91 Å². The van der Waals surface area contributed by atoms with Crippen LogP contribution < -0.4 is 10.1 Å². The smallest absolute Gasteiger partial charge is 0.292 e. The Kier molecular flexibility index (Phi) is 6.07. The SMILES string of the molecule is O=C(Nc1nn(Cc2ccccc2)cc1Cl)c1ccc(COc2cccc(Cl)c2)o1. The lowest BCUT2D eigenvalue weighted by Gasteiger charge is -2.04. The molecule has 1 amide bonds. The highest BCUT2D eigenvalue weighted by molar-refractivity contribution is 6.33. The lowest BCUT2D eigenvalue weighted by molar-refractivity contribution is 0.0992. The Morgan fingerprint density at radius 2 is 1.90 bits per heavy atom. The predicted molar refractivity (Wildman–Crippen MR) is 115 cm³/mol. The van der Waals surface area contributed by atoms with E-state index in [9.17, 15) is 4.79 Å². The summed E-state index contributed by atoms with van der Waals surface area (Å²) < 4.78 is 12.8. The summed E-state index contributed by atoms with van der Waals surface area (Å²) in [6, 6.07) is 20.1. The number of carbonyl (C=O) groups is 1. The molecule has 6 nitrogen and oxygen atoms in total. The van der Waals surface area contributed by atoms with Crippen LogP contribution in [0.25, 0.3) is 0 Å². The molecule has 2 aromatic carbocycles. The number of aromatic nitrogens is 2. The minimum Gasteiger partial charge on any atom is -0.486 e. The van der Waals surface area contributed by atoms with Gasteiger partial charge >= 0.3 is 0 Å². The van der Waals surface area contributed by atoms with Gasteiger partial charge in [-0.15, -0.1) is 0 Å². The van der Waals surface area contributed by atoms with Gasteiger partial charge in [0.15, 0.2) is 11.6 Å². The first-order chi connectivity index (χ1) is 14.6. The van der Waals surface area contributed by atoms with Crippen LogP contribution in [0.5, 0.6) is 5.75 Å². The quantitative estimate of drug-likeness (QED) is 0.401. The Bertz CT molecular complexity index is 1160. The van der Waals surface area contributed by atoms with E-state index in [1.807, 2.05) is 30.3 Å². The summed E-state index contributed by atoms with van der Waals surface area (Å²) in [7, 11) is 0. The maximum Gasteiger partial charge on any atom is 0.292 e. The van der Waals surface area contributed by atoms with Gasteiger partial charge in [0.05, 0.1) is 6.54 Å². The molecule has 0 spiro atoms. The Morgan fingerprint density at radius 3 is 2.70 bits per heavy atom. The molecule has 4 aromatic rings. The van der Waals surface area contributed by atoms with Crippen molar-refractivity contribution in [1.82, 2.24) is 9.78 Å². The van der Waals surface area contributed by atoms with Gasteiger partial charge in [-0.2, -0.15) is 5.10 Å². The van der Waals surface area contributed by atoms with Crippen molar-refractivity contribution in [2.24, 2.45) is 0 Å². The number of benzene rings is 2. The molecule has 30 heavy (non-hydrogen) atoms. The number of carbonyl (C=O) groups excluding carboxylic acids is 1. The summed E-state index contributed by atoms with van der Waals surface area (Å²) in [4.78, 5) is 12.5. The molecule has 0 bridgehead atoms. The van der Waals surface area contributed by atoms with E-state index in [4.69, 9.17) is 32.4 Å². The minimum absolute atomic E-state index is 0.133. The molecule has 0 saturated heterocycles. The highest BCUT2D eigenvalue weighted by Gasteiger charge is 2.16. The van der Waals surface area contributed by atoms with Crippen molar-refractivity contribution in [1.29, 1.82) is 0 Å². The Labute approximate surface area is 183 Å². The Morgan fingerprint density at radius 1 is 1.07 bits per heavy atom. The van der Waals surface area contributed by atoms with Gasteiger partial charge in [-0.05, 0) is 35.9 Å². The van der Waals surface area contributed by atoms with Crippen molar-refractivity contribution >= 4 is 34.9 Å². The predicted octanol–water partition coefficient (Wildman–Crippen LogP) is 5.66. The van der Waals surface area contributed by atoms with E-state index in [0.717, 1.165) is 5.56 Å². The van der Waals surface area contributed by atoms with Crippen LogP contribution in [0.4, 0.5) is 5.82 Å². The van der Waals surface area contributed by atoms with Gasteiger partial charge in [-0.1, -0.05) is 59.6 Å². The summed E-state index contributed by atoms with van der Waals surface area (Å²) in [6.45, 7) is 0.711. The van der Waals surface area contributed by atoms with Gasteiger partial charge in [-0.25, -0.2) is 0 Å². The molecule has 0 aliphatic rings. The van der Waals surface area contributed by atoms with Gasteiger partial charge in [0, 0.05) is 11.2 Å². The Balaban J connectivity index is 1.37. The van der Waals surface area contributed by atoms with Crippen LogP contribution in [0, 0.1) is 0 Å². The number of ether oxygens (including phenoxy) is 1. The number of anilines is 1. The van der Waals surface area contributed by atoms with Gasteiger partial charge in [0.25, 0.3) is 5.91 Å². The second-order valence-electron chi connectivity index (χ2n) is 6.47. The fourth-order valence-electron chi connectivity index (χ4n) is 2.79. The minimum atomic E-state index is -0.448. The molecule has 0 saturated carbocycles. The summed E-state index contributed by atoms with van der Waals surface area (Å²) in [5, 5.41) is 7.93. The van der Waals surface area contributed by atoms with Gasteiger partial charge in [0.1, 0.15) is 23.1 Å². The Hall–Kier alpha value is -3.22. The van der Waals surface area contributed by atoms with Crippen LogP contribution in [-0.2, 0) is 13.2 Å². The second kappa shape index (κ2) is 9.07. The molecular weight excluding hydrogens is 425 g/mol. The molecule has 1 N–H and O–H groups in total. The largest absolute Gasteiger partial charge is 0.486 e. The number of furan rings is 1. The molecule has 4 rings (SSSR count). The standard InChI is InChI=1S/C22H17Cl2N3O3/c23-16-7-4-8-17(11-16)29-14-18-9-10-20(30-18)22(28)25-21-19(24)13-27(26-21)12-15-5-2-1-3-6-15/h1-11,13H,12,14H2,(H,25,26,28). The van der Waals surface area contributed by atoms with E-state index in [0.29, 0.717) is 28.1 Å². The normalized spacial score (nSPS) is 10.7. The third-order valence-corrected chi connectivity index (χ3v) is 4.71. The van der Waals surface area contributed by atoms with Crippen molar-refractivity contribution in [3.63, 3.8) is 0 Å². The molecule has 0 aliphatic heterocycles. The number of rotatable bonds is 7. The van der Waals surface area contributed by atoms with E-state index in [1.165, 1.54) is 0 Å². The number of nitrogens with one attached hydrogen (secondary N) is 1. The molecular formula is C22H17Cl2N3O3. The summed E-state index contributed by atoms with van der Waals surface area (Å²) in [5.74, 6) is 1.07. The van der Waals surface area contributed by atoms with Crippen LogP contribution in [0.3, 0.4) is 0 Å². The van der Waals surface area contributed by atoms with E-state index in [2.05, 4.69) is 10.4 Å². The molecule has 0 unspecified atom stereocenters. The van der Waals surface area contributed by atoms with E-state index >= 15 is 0 Å². The lowest BCUT2D eigenvalue weighted by atomic mass is 10.2. The van der Waals surface area contributed by atoms with Gasteiger partial charge < -0.3 is 14.5 Å². The zero-order chi connectivity index (χ0) is 20.9. The van der Waals surface area contributed by atoms with Crippen molar-refractivity contribution < 1.29 is 13.9 Å². The first-order valence-electron chi connectivity index (χ1n) is 9.12.